The summed E-state index contributed by atoms with van der Waals surface area (Å²) in [5, 5.41) is 21.1. The molecule has 4 fully saturated rings. The normalized spacial score (nSPS) is 58.2. The molecule has 0 spiro atoms. The lowest BCUT2D eigenvalue weighted by Crippen LogP contribution is -2.66. The molecule has 33 heavy (non-hydrogen) atoms. The summed E-state index contributed by atoms with van der Waals surface area (Å²) in [6.45, 7) is 17.0. The van der Waals surface area contributed by atoms with Crippen molar-refractivity contribution in [1.82, 2.24) is 0 Å². The number of hydrogen-bond acceptors (Lipinski definition) is 2. The number of carbonyl (C=O) groups is 1. The first-order valence-electron chi connectivity index (χ1n) is 13.9. The second-order valence-electron chi connectivity index (χ2n) is 14.4. The monoisotopic (exact) mass is 456 g/mol. The molecule has 186 valence electrons. The summed E-state index contributed by atoms with van der Waals surface area (Å²) in [4.78, 5) is 12.5. The van der Waals surface area contributed by atoms with Gasteiger partial charge in [0, 0.05) is 0 Å². The van der Waals surface area contributed by atoms with Gasteiger partial charge in [0.1, 0.15) is 0 Å². The zero-order chi connectivity index (χ0) is 24.2. The minimum absolute atomic E-state index is 0.0311. The van der Waals surface area contributed by atoms with Gasteiger partial charge in [-0.15, -0.1) is 0 Å². The fourth-order valence-corrected chi connectivity index (χ4v) is 10.8. The van der Waals surface area contributed by atoms with E-state index in [4.69, 9.17) is 0 Å². The second-order valence-corrected chi connectivity index (χ2v) is 14.4. The maximum absolute atomic E-state index is 12.5. The van der Waals surface area contributed by atoms with Crippen LogP contribution in [-0.4, -0.2) is 22.3 Å². The van der Waals surface area contributed by atoms with Gasteiger partial charge in [0.05, 0.1) is 11.5 Å². The van der Waals surface area contributed by atoms with Gasteiger partial charge in [0.2, 0.25) is 0 Å². The quantitative estimate of drug-likeness (QED) is 0.414. The van der Waals surface area contributed by atoms with Crippen molar-refractivity contribution < 1.29 is 15.0 Å². The number of aliphatic carboxylic acids is 1. The second kappa shape index (κ2) is 7.11. The molecule has 3 heteroatoms. The Morgan fingerprint density at radius 1 is 0.909 bits per heavy atom. The highest BCUT2D eigenvalue weighted by molar-refractivity contribution is 5.76. The van der Waals surface area contributed by atoms with E-state index >= 15 is 0 Å². The number of hydrogen-bond donors (Lipinski definition) is 2. The molecule has 0 saturated heterocycles. The van der Waals surface area contributed by atoms with Crippen molar-refractivity contribution in [3.8, 4) is 0 Å². The van der Waals surface area contributed by atoms with Gasteiger partial charge in [-0.2, -0.15) is 0 Å². The van der Waals surface area contributed by atoms with Gasteiger partial charge in [0.15, 0.2) is 0 Å². The van der Waals surface area contributed by atoms with Crippen molar-refractivity contribution in [3.63, 3.8) is 0 Å². The van der Waals surface area contributed by atoms with Gasteiger partial charge in [-0.25, -0.2) is 0 Å². The highest BCUT2D eigenvalue weighted by Gasteiger charge is 2.69. The molecule has 4 saturated carbocycles. The van der Waals surface area contributed by atoms with E-state index in [-0.39, 0.29) is 22.2 Å². The highest BCUT2D eigenvalue weighted by Crippen LogP contribution is 2.75. The molecule has 0 unspecified atom stereocenters. The predicted molar refractivity (Wildman–Crippen MR) is 133 cm³/mol. The van der Waals surface area contributed by atoms with Crippen molar-refractivity contribution >= 4 is 5.97 Å². The number of fused-ring (bicyclic) bond motifs is 7. The topological polar surface area (TPSA) is 57.5 Å². The van der Waals surface area contributed by atoms with Crippen LogP contribution in [0.4, 0.5) is 0 Å². The first kappa shape index (κ1) is 23.9. The number of aliphatic hydroxyl groups is 1. The molecule has 0 amide bonds. The fraction of sp³-hybridized carbons (Fsp3) is 0.900. The third-order valence-corrected chi connectivity index (χ3v) is 13.5. The van der Waals surface area contributed by atoms with Crippen LogP contribution in [0.2, 0.25) is 0 Å². The SMILES string of the molecule is C[C@H]1[C@H](C)CC[C@]2(C)CC[C@]3(C)C(=CC[C@@H]4[C@]5(C)CC[C@H](O)[C@](C)(C(=O)O)[C@@H]5CC[C@@]43C)[C@H]12. The minimum atomic E-state index is -1.03. The molecule has 0 aromatic heterocycles. The molecule has 5 rings (SSSR count). The molecule has 0 aromatic rings. The van der Waals surface area contributed by atoms with Crippen molar-refractivity contribution in [2.24, 2.45) is 56.7 Å². The smallest absolute Gasteiger partial charge is 0.312 e. The molecule has 5 aliphatic carbocycles. The summed E-state index contributed by atoms with van der Waals surface area (Å²) in [5.74, 6) is 1.96. The number of carboxylic acid groups (broad SMARTS) is 1. The summed E-state index contributed by atoms with van der Waals surface area (Å²) in [6, 6.07) is 0. The average molecular weight is 457 g/mol. The molecule has 2 N–H and O–H groups in total. The maximum Gasteiger partial charge on any atom is 0.312 e. The van der Waals surface area contributed by atoms with Crippen LogP contribution in [0.1, 0.15) is 106 Å². The van der Waals surface area contributed by atoms with E-state index in [1.165, 1.54) is 25.7 Å². The molecular formula is C30H48O3. The van der Waals surface area contributed by atoms with E-state index in [2.05, 4.69) is 47.6 Å². The van der Waals surface area contributed by atoms with Crippen LogP contribution in [0.15, 0.2) is 11.6 Å². The Labute approximate surface area is 201 Å². The number of allylic oxidation sites excluding steroid dienone is 2. The van der Waals surface area contributed by atoms with Gasteiger partial charge in [-0.1, -0.05) is 53.2 Å². The van der Waals surface area contributed by atoms with E-state index in [0.717, 1.165) is 37.5 Å². The molecule has 11 atom stereocenters. The van der Waals surface area contributed by atoms with E-state index in [1.54, 1.807) is 5.57 Å². The third-order valence-electron chi connectivity index (χ3n) is 13.5. The van der Waals surface area contributed by atoms with E-state index in [1.807, 2.05) is 6.92 Å². The highest BCUT2D eigenvalue weighted by atomic mass is 16.4. The predicted octanol–water partition coefficient (Wildman–Crippen LogP) is 7.09. The van der Waals surface area contributed by atoms with E-state index < -0.39 is 17.5 Å². The molecule has 0 heterocycles. The van der Waals surface area contributed by atoms with Gasteiger partial charge >= 0.3 is 5.97 Å². The first-order chi connectivity index (χ1) is 15.3. The number of aliphatic hydroxyl groups excluding tert-OH is 1. The Morgan fingerprint density at radius 3 is 2.27 bits per heavy atom. The van der Waals surface area contributed by atoms with Crippen LogP contribution in [0.25, 0.3) is 0 Å². The Kier molecular flexibility index (Phi) is 5.15. The molecule has 0 aliphatic heterocycles. The first-order valence-corrected chi connectivity index (χ1v) is 13.9. The summed E-state index contributed by atoms with van der Waals surface area (Å²) >= 11 is 0. The molecule has 5 aliphatic rings. The largest absolute Gasteiger partial charge is 0.481 e. The van der Waals surface area contributed by atoms with Gasteiger partial charge in [0.25, 0.3) is 0 Å². The molecule has 0 aromatic carbocycles. The summed E-state index contributed by atoms with van der Waals surface area (Å²) < 4.78 is 0. The van der Waals surface area contributed by atoms with Crippen LogP contribution in [0.5, 0.6) is 0 Å². The lowest BCUT2D eigenvalue weighted by atomic mass is 9.33. The summed E-state index contributed by atoms with van der Waals surface area (Å²) in [7, 11) is 0. The lowest BCUT2D eigenvalue weighted by Gasteiger charge is -2.71. The van der Waals surface area contributed by atoms with Crippen molar-refractivity contribution in [2.45, 2.75) is 112 Å². The van der Waals surface area contributed by atoms with Crippen molar-refractivity contribution in [1.29, 1.82) is 0 Å². The van der Waals surface area contributed by atoms with Crippen LogP contribution in [0.3, 0.4) is 0 Å². The van der Waals surface area contributed by atoms with E-state index in [0.29, 0.717) is 23.7 Å². The standard InChI is InChI=1S/C30H48O3/c1-18-10-13-26(3)16-17-28(5)20(24(26)19(18)2)8-9-21-27(4)14-12-23(31)30(7,25(32)33)22(27)11-15-29(21,28)6/h8,18-19,21-24,31H,9-17H2,1-7H3,(H,32,33)/t18-,19+,21-,22-,23+,24+,26-,27+,28-,29+,30-/m1/s1. The fourth-order valence-electron chi connectivity index (χ4n) is 10.8. The van der Waals surface area contributed by atoms with Gasteiger partial charge in [-0.05, 0) is 116 Å². The van der Waals surface area contributed by atoms with Crippen molar-refractivity contribution in [3.05, 3.63) is 11.6 Å². The van der Waals surface area contributed by atoms with Crippen molar-refractivity contribution in [2.75, 3.05) is 0 Å². The lowest BCUT2D eigenvalue weighted by molar-refractivity contribution is -0.217. The molecule has 0 bridgehead atoms. The number of carboxylic acids is 1. The average Bonchev–Trinajstić information content (AvgIpc) is 2.75. The number of rotatable bonds is 1. The Morgan fingerprint density at radius 2 is 1.61 bits per heavy atom. The van der Waals surface area contributed by atoms with E-state index in [9.17, 15) is 15.0 Å². The molecule has 0 radical (unpaired) electrons. The Bertz CT molecular complexity index is 878. The Balaban J connectivity index is 1.60. The zero-order valence-corrected chi connectivity index (χ0v) is 22.2. The molecular weight excluding hydrogens is 408 g/mol. The zero-order valence-electron chi connectivity index (χ0n) is 22.2. The van der Waals surface area contributed by atoms with Crippen LogP contribution in [-0.2, 0) is 4.79 Å². The molecule has 3 nitrogen and oxygen atoms in total. The van der Waals surface area contributed by atoms with Gasteiger partial charge in [-0.3, -0.25) is 4.79 Å². The van der Waals surface area contributed by atoms with Crippen LogP contribution < -0.4 is 0 Å². The third kappa shape index (κ3) is 2.75. The maximum atomic E-state index is 12.5. The summed E-state index contributed by atoms with van der Waals surface area (Å²) in [5.41, 5.74) is 1.56. The summed E-state index contributed by atoms with van der Waals surface area (Å²) in [6.07, 6.45) is 12.0. The van der Waals surface area contributed by atoms with Crippen LogP contribution >= 0.6 is 0 Å². The minimum Gasteiger partial charge on any atom is -0.481 e. The van der Waals surface area contributed by atoms with Crippen LogP contribution in [0, 0.1) is 56.7 Å². The van der Waals surface area contributed by atoms with Gasteiger partial charge < -0.3 is 10.2 Å². The Hall–Kier alpha value is -0.830.